The van der Waals surface area contributed by atoms with Crippen LogP contribution in [0.15, 0.2) is 36.5 Å². The summed E-state index contributed by atoms with van der Waals surface area (Å²) < 4.78 is 0. The maximum Gasteiger partial charge on any atom is 0.227 e. The van der Waals surface area contributed by atoms with Gasteiger partial charge < -0.3 is 5.32 Å². The summed E-state index contributed by atoms with van der Waals surface area (Å²) >= 11 is 0. The van der Waals surface area contributed by atoms with E-state index in [2.05, 4.69) is 10.3 Å². The van der Waals surface area contributed by atoms with Gasteiger partial charge in [0.25, 0.3) is 0 Å². The molecule has 1 amide bonds. The number of hydrogen-bond acceptors (Lipinski definition) is 2. The lowest BCUT2D eigenvalue weighted by molar-refractivity contribution is -0.121. The van der Waals surface area contributed by atoms with Crippen molar-refractivity contribution in [2.45, 2.75) is 25.7 Å². The van der Waals surface area contributed by atoms with Gasteiger partial charge in [0.15, 0.2) is 0 Å². The highest BCUT2D eigenvalue weighted by Gasteiger charge is 2.43. The highest BCUT2D eigenvalue weighted by Crippen LogP contribution is 2.48. The fourth-order valence-corrected chi connectivity index (χ4v) is 4.00. The minimum Gasteiger partial charge on any atom is -0.325 e. The van der Waals surface area contributed by atoms with Gasteiger partial charge in [0, 0.05) is 17.5 Å². The molecule has 0 saturated heterocycles. The van der Waals surface area contributed by atoms with E-state index in [1.54, 1.807) is 6.20 Å². The largest absolute Gasteiger partial charge is 0.325 e. The van der Waals surface area contributed by atoms with Crippen LogP contribution in [0.2, 0.25) is 0 Å². The van der Waals surface area contributed by atoms with Crippen LogP contribution >= 0.6 is 0 Å². The zero-order valence-corrected chi connectivity index (χ0v) is 11.4. The van der Waals surface area contributed by atoms with Gasteiger partial charge in [-0.1, -0.05) is 12.5 Å². The average molecular weight is 266 g/mol. The van der Waals surface area contributed by atoms with E-state index < -0.39 is 0 Å². The van der Waals surface area contributed by atoms with E-state index in [4.69, 9.17) is 0 Å². The number of pyridine rings is 1. The third kappa shape index (κ3) is 1.89. The molecule has 1 N–H and O–H groups in total. The standard InChI is InChI=1S/C17H18N2O/c20-17(14-10-11-6-7-12(14)9-11)19-16-5-1-4-15-13(16)3-2-8-18-15/h1-5,8,11-12,14H,6-7,9-10H2,(H,19,20). The first-order chi connectivity index (χ1) is 9.81. The highest BCUT2D eigenvalue weighted by molar-refractivity contribution is 6.01. The average Bonchev–Trinajstić information content (AvgIpc) is 3.10. The monoisotopic (exact) mass is 266 g/mol. The molecule has 1 aromatic carbocycles. The van der Waals surface area contributed by atoms with E-state index in [9.17, 15) is 4.79 Å². The van der Waals surface area contributed by atoms with Gasteiger partial charge in [-0.3, -0.25) is 9.78 Å². The number of carbonyl (C=O) groups excluding carboxylic acids is 1. The summed E-state index contributed by atoms with van der Waals surface area (Å²) in [6.45, 7) is 0. The predicted octanol–water partition coefficient (Wildman–Crippen LogP) is 3.61. The van der Waals surface area contributed by atoms with Crippen molar-refractivity contribution in [2.24, 2.45) is 17.8 Å². The van der Waals surface area contributed by atoms with Crippen LogP contribution in [0.25, 0.3) is 10.9 Å². The van der Waals surface area contributed by atoms with Crippen LogP contribution in [-0.2, 0) is 4.79 Å². The predicted molar refractivity (Wildman–Crippen MR) is 79.3 cm³/mol. The van der Waals surface area contributed by atoms with Crippen LogP contribution in [0.4, 0.5) is 5.69 Å². The first-order valence-corrected chi connectivity index (χ1v) is 7.46. The molecule has 4 rings (SSSR count). The smallest absolute Gasteiger partial charge is 0.227 e. The second kappa shape index (κ2) is 4.58. The molecule has 3 unspecified atom stereocenters. The lowest BCUT2D eigenvalue weighted by atomic mass is 9.88. The van der Waals surface area contributed by atoms with E-state index >= 15 is 0 Å². The minimum absolute atomic E-state index is 0.202. The molecule has 2 aliphatic rings. The highest BCUT2D eigenvalue weighted by atomic mass is 16.1. The molecule has 2 aliphatic carbocycles. The third-order valence-electron chi connectivity index (χ3n) is 4.98. The van der Waals surface area contributed by atoms with E-state index in [1.165, 1.54) is 19.3 Å². The van der Waals surface area contributed by atoms with Gasteiger partial charge in [0.05, 0.1) is 11.2 Å². The molecule has 2 bridgehead atoms. The number of amides is 1. The molecular formula is C17H18N2O. The number of fused-ring (bicyclic) bond motifs is 3. The molecule has 2 fully saturated rings. The Morgan fingerprint density at radius 3 is 2.90 bits per heavy atom. The first-order valence-electron chi connectivity index (χ1n) is 7.46. The molecule has 0 aliphatic heterocycles. The number of hydrogen-bond donors (Lipinski definition) is 1. The number of benzene rings is 1. The summed E-state index contributed by atoms with van der Waals surface area (Å²) in [7, 11) is 0. The van der Waals surface area contributed by atoms with Crippen molar-refractivity contribution >= 4 is 22.5 Å². The van der Waals surface area contributed by atoms with Crippen LogP contribution in [0.3, 0.4) is 0 Å². The van der Waals surface area contributed by atoms with Gasteiger partial charge >= 0.3 is 0 Å². The number of anilines is 1. The van der Waals surface area contributed by atoms with E-state index in [-0.39, 0.29) is 11.8 Å². The SMILES string of the molecule is O=C(Nc1cccc2ncccc12)C1CC2CCC1C2. The van der Waals surface area contributed by atoms with Crippen LogP contribution < -0.4 is 5.32 Å². The third-order valence-corrected chi connectivity index (χ3v) is 4.98. The molecule has 2 saturated carbocycles. The normalized spacial score (nSPS) is 27.9. The van der Waals surface area contributed by atoms with Crippen molar-refractivity contribution in [3.63, 3.8) is 0 Å². The fourth-order valence-electron chi connectivity index (χ4n) is 4.00. The molecule has 102 valence electrons. The Morgan fingerprint density at radius 2 is 2.10 bits per heavy atom. The summed E-state index contributed by atoms with van der Waals surface area (Å²) in [6, 6.07) is 9.82. The first kappa shape index (κ1) is 11.9. The summed E-state index contributed by atoms with van der Waals surface area (Å²) in [4.78, 5) is 16.9. The second-order valence-electron chi connectivity index (χ2n) is 6.15. The molecule has 0 spiro atoms. The zero-order chi connectivity index (χ0) is 13.5. The van der Waals surface area contributed by atoms with Gasteiger partial charge in [0.2, 0.25) is 5.91 Å². The Labute approximate surface area is 118 Å². The Kier molecular flexibility index (Phi) is 2.72. The van der Waals surface area contributed by atoms with Crippen molar-refractivity contribution in [3.8, 4) is 0 Å². The Bertz CT molecular complexity index is 662. The van der Waals surface area contributed by atoms with Crippen molar-refractivity contribution in [1.82, 2.24) is 4.98 Å². The maximum atomic E-state index is 12.5. The maximum absolute atomic E-state index is 12.5. The van der Waals surface area contributed by atoms with Crippen LogP contribution in [0.1, 0.15) is 25.7 Å². The molecular weight excluding hydrogens is 248 g/mol. The molecule has 2 aromatic rings. The van der Waals surface area contributed by atoms with Crippen LogP contribution in [0, 0.1) is 17.8 Å². The van der Waals surface area contributed by atoms with Crippen LogP contribution in [-0.4, -0.2) is 10.9 Å². The van der Waals surface area contributed by atoms with Gasteiger partial charge in [-0.05, 0) is 55.4 Å². The lowest BCUT2D eigenvalue weighted by Crippen LogP contribution is -2.27. The number of nitrogens with one attached hydrogen (secondary N) is 1. The van der Waals surface area contributed by atoms with Gasteiger partial charge in [-0.15, -0.1) is 0 Å². The van der Waals surface area contributed by atoms with E-state index in [0.29, 0.717) is 5.92 Å². The summed E-state index contributed by atoms with van der Waals surface area (Å²) in [5, 5.41) is 4.15. The number of rotatable bonds is 2. The van der Waals surface area contributed by atoms with E-state index in [0.717, 1.165) is 28.9 Å². The summed E-state index contributed by atoms with van der Waals surface area (Å²) in [5.74, 6) is 1.84. The van der Waals surface area contributed by atoms with Gasteiger partial charge in [-0.2, -0.15) is 0 Å². The fraction of sp³-hybridized carbons (Fsp3) is 0.412. The summed E-state index contributed by atoms with van der Waals surface area (Å²) in [6.07, 6.45) is 6.69. The molecule has 20 heavy (non-hydrogen) atoms. The van der Waals surface area contributed by atoms with Gasteiger partial charge in [-0.25, -0.2) is 0 Å². The Balaban J connectivity index is 1.60. The molecule has 1 aromatic heterocycles. The van der Waals surface area contributed by atoms with Crippen molar-refractivity contribution < 1.29 is 4.79 Å². The second-order valence-corrected chi connectivity index (χ2v) is 6.15. The topological polar surface area (TPSA) is 42.0 Å². The van der Waals surface area contributed by atoms with Crippen LogP contribution in [0.5, 0.6) is 0 Å². The quantitative estimate of drug-likeness (QED) is 0.902. The molecule has 0 radical (unpaired) electrons. The Hall–Kier alpha value is -1.90. The molecule has 3 heteroatoms. The lowest BCUT2D eigenvalue weighted by Gasteiger charge is -2.21. The number of carbonyl (C=O) groups is 1. The number of aromatic nitrogens is 1. The van der Waals surface area contributed by atoms with Crippen molar-refractivity contribution in [3.05, 3.63) is 36.5 Å². The van der Waals surface area contributed by atoms with Gasteiger partial charge in [0.1, 0.15) is 0 Å². The molecule has 1 heterocycles. The Morgan fingerprint density at radius 1 is 1.15 bits per heavy atom. The minimum atomic E-state index is 0.202. The summed E-state index contributed by atoms with van der Waals surface area (Å²) in [5.41, 5.74) is 1.82. The van der Waals surface area contributed by atoms with Crippen molar-refractivity contribution in [1.29, 1.82) is 0 Å². The molecule has 3 nitrogen and oxygen atoms in total. The molecule has 3 atom stereocenters. The van der Waals surface area contributed by atoms with Crippen molar-refractivity contribution in [2.75, 3.05) is 5.32 Å². The van der Waals surface area contributed by atoms with E-state index in [1.807, 2.05) is 30.3 Å². The number of nitrogens with zero attached hydrogens (tertiary/aromatic N) is 1. The zero-order valence-electron chi connectivity index (χ0n) is 11.4.